The summed E-state index contributed by atoms with van der Waals surface area (Å²) in [6, 6.07) is 14.7. The average Bonchev–Trinajstić information content (AvgIpc) is 2.54. The molecular weight excluding hydrogens is 362 g/mol. The molecule has 0 saturated heterocycles. The van der Waals surface area contributed by atoms with Crippen LogP contribution in [0.5, 0.6) is 0 Å². The van der Waals surface area contributed by atoms with Crippen LogP contribution in [0.2, 0.25) is 0 Å². The van der Waals surface area contributed by atoms with Crippen LogP contribution >= 0.6 is 12.4 Å². The molecule has 0 radical (unpaired) electrons. The van der Waals surface area contributed by atoms with Gasteiger partial charge in [-0.05, 0) is 25.5 Å². The summed E-state index contributed by atoms with van der Waals surface area (Å²) >= 11 is -2.35. The van der Waals surface area contributed by atoms with Gasteiger partial charge < -0.3 is 4.55 Å². The van der Waals surface area contributed by atoms with Crippen LogP contribution in [0.25, 0.3) is 22.0 Å². The van der Waals surface area contributed by atoms with Crippen molar-refractivity contribution in [2.45, 2.75) is 19.4 Å². The lowest BCUT2D eigenvalue weighted by Gasteiger charge is -2.28. The Balaban J connectivity index is 0.00000225. The van der Waals surface area contributed by atoms with E-state index in [1.54, 1.807) is 19.9 Å². The van der Waals surface area contributed by atoms with Crippen LogP contribution in [0.15, 0.2) is 53.3 Å². The van der Waals surface area contributed by atoms with Gasteiger partial charge in [0, 0.05) is 27.8 Å². The number of aromatic nitrogens is 2. The third-order valence-corrected chi connectivity index (χ3v) is 4.59. The zero-order valence-corrected chi connectivity index (χ0v) is 15.2. The lowest BCUT2D eigenvalue weighted by Crippen LogP contribution is -2.37. The monoisotopic (exact) mass is 378 g/mol. The van der Waals surface area contributed by atoms with Gasteiger partial charge in [0.1, 0.15) is 0 Å². The zero-order chi connectivity index (χ0) is 17.3. The van der Waals surface area contributed by atoms with Gasteiger partial charge >= 0.3 is 0 Å². The number of fused-ring (bicyclic) bond motifs is 1. The first-order valence-electron chi connectivity index (χ1n) is 7.34. The SMILES string of the molecule is CC(C)(NS(=O)[O-])c1ccc(-c2n[nH]c(=O)c3ccccc23)cc1.Cl. The molecule has 6 nitrogen and oxygen atoms in total. The Morgan fingerprint density at radius 2 is 1.68 bits per heavy atom. The fourth-order valence-electron chi connectivity index (χ4n) is 2.65. The summed E-state index contributed by atoms with van der Waals surface area (Å²) < 4.78 is 24.3. The van der Waals surface area contributed by atoms with E-state index in [0.717, 1.165) is 16.5 Å². The van der Waals surface area contributed by atoms with E-state index in [-0.39, 0.29) is 18.0 Å². The molecule has 0 aliphatic heterocycles. The van der Waals surface area contributed by atoms with Crippen molar-refractivity contribution in [3.05, 3.63) is 64.4 Å². The van der Waals surface area contributed by atoms with E-state index in [9.17, 15) is 13.6 Å². The summed E-state index contributed by atoms with van der Waals surface area (Å²) in [5.41, 5.74) is 1.39. The maximum Gasteiger partial charge on any atom is 0.272 e. The number of rotatable bonds is 4. The van der Waals surface area contributed by atoms with Crippen LogP contribution in [0.1, 0.15) is 19.4 Å². The van der Waals surface area contributed by atoms with Crippen molar-refractivity contribution in [1.29, 1.82) is 0 Å². The lowest BCUT2D eigenvalue weighted by atomic mass is 9.94. The maximum absolute atomic E-state index is 11.9. The molecule has 1 aromatic heterocycles. The van der Waals surface area contributed by atoms with Crippen molar-refractivity contribution in [1.82, 2.24) is 14.9 Å². The van der Waals surface area contributed by atoms with Gasteiger partial charge in [0.15, 0.2) is 0 Å². The van der Waals surface area contributed by atoms with Crippen LogP contribution in [0.4, 0.5) is 0 Å². The van der Waals surface area contributed by atoms with E-state index in [1.165, 1.54) is 0 Å². The van der Waals surface area contributed by atoms with E-state index in [0.29, 0.717) is 11.1 Å². The number of halogens is 1. The molecule has 0 saturated carbocycles. The third-order valence-electron chi connectivity index (χ3n) is 3.91. The van der Waals surface area contributed by atoms with Crippen molar-refractivity contribution in [3.63, 3.8) is 0 Å². The molecule has 2 aromatic carbocycles. The largest absolute Gasteiger partial charge is 0.760 e. The van der Waals surface area contributed by atoms with E-state index >= 15 is 0 Å². The Morgan fingerprint density at radius 1 is 1.08 bits per heavy atom. The average molecular weight is 379 g/mol. The first-order valence-corrected chi connectivity index (χ1v) is 8.41. The fraction of sp³-hybridized carbons (Fsp3) is 0.176. The Kier molecular flexibility index (Phi) is 5.74. The minimum absolute atomic E-state index is 0. The summed E-state index contributed by atoms with van der Waals surface area (Å²) in [5.74, 6) is 0. The molecule has 0 fully saturated rings. The van der Waals surface area contributed by atoms with Crippen molar-refractivity contribution < 1.29 is 8.76 Å². The first kappa shape index (κ1) is 19.3. The molecular formula is C17H17ClN3O3S-. The van der Waals surface area contributed by atoms with Gasteiger partial charge in [-0.15, -0.1) is 12.4 Å². The summed E-state index contributed by atoms with van der Waals surface area (Å²) in [4.78, 5) is 11.9. The minimum atomic E-state index is -2.35. The predicted molar refractivity (Wildman–Crippen MR) is 100 cm³/mol. The van der Waals surface area contributed by atoms with Crippen LogP contribution in [0, 0.1) is 0 Å². The number of nitrogens with zero attached hydrogens (tertiary/aromatic N) is 1. The molecule has 2 N–H and O–H groups in total. The van der Waals surface area contributed by atoms with Crippen molar-refractivity contribution >= 4 is 34.4 Å². The molecule has 0 amide bonds. The van der Waals surface area contributed by atoms with Gasteiger partial charge in [-0.25, -0.2) is 9.82 Å². The highest BCUT2D eigenvalue weighted by molar-refractivity contribution is 7.77. The number of aromatic amines is 1. The molecule has 0 aliphatic rings. The summed E-state index contributed by atoms with van der Waals surface area (Å²) in [5, 5.41) is 8.03. The van der Waals surface area contributed by atoms with Crippen LogP contribution in [-0.2, 0) is 16.8 Å². The number of benzene rings is 2. The smallest absolute Gasteiger partial charge is 0.272 e. The second-order valence-electron chi connectivity index (χ2n) is 5.99. The molecule has 1 heterocycles. The summed E-state index contributed by atoms with van der Waals surface area (Å²) in [7, 11) is 0. The molecule has 3 aromatic rings. The van der Waals surface area contributed by atoms with Gasteiger partial charge in [0.2, 0.25) is 0 Å². The second-order valence-corrected chi connectivity index (χ2v) is 6.66. The molecule has 1 unspecified atom stereocenters. The Hall–Kier alpha value is -2.06. The van der Waals surface area contributed by atoms with Gasteiger partial charge in [0.05, 0.1) is 11.1 Å². The van der Waals surface area contributed by atoms with E-state index in [4.69, 9.17) is 0 Å². The number of hydrogen-bond acceptors (Lipinski definition) is 4. The fourth-order valence-corrected chi connectivity index (χ4v) is 3.18. The first-order chi connectivity index (χ1) is 11.4. The summed E-state index contributed by atoms with van der Waals surface area (Å²) in [6.07, 6.45) is 0. The number of H-pyrrole nitrogens is 1. The highest BCUT2D eigenvalue weighted by atomic mass is 35.5. The topological polar surface area (TPSA) is 97.9 Å². The van der Waals surface area contributed by atoms with Gasteiger partial charge in [-0.1, -0.05) is 42.5 Å². The van der Waals surface area contributed by atoms with E-state index < -0.39 is 16.8 Å². The van der Waals surface area contributed by atoms with E-state index in [2.05, 4.69) is 14.9 Å². The van der Waals surface area contributed by atoms with E-state index in [1.807, 2.05) is 42.5 Å². The Bertz CT molecular complexity index is 971. The molecule has 8 heteroatoms. The van der Waals surface area contributed by atoms with Gasteiger partial charge in [-0.2, -0.15) is 5.10 Å². The van der Waals surface area contributed by atoms with Crippen LogP contribution in [0.3, 0.4) is 0 Å². The Labute approximate surface area is 153 Å². The van der Waals surface area contributed by atoms with Crippen LogP contribution < -0.4 is 10.3 Å². The molecule has 132 valence electrons. The molecule has 0 spiro atoms. The maximum atomic E-state index is 11.9. The predicted octanol–water partition coefficient (Wildman–Crippen LogP) is 2.63. The molecule has 0 bridgehead atoms. The van der Waals surface area contributed by atoms with Crippen LogP contribution in [-0.4, -0.2) is 19.0 Å². The molecule has 25 heavy (non-hydrogen) atoms. The van der Waals surface area contributed by atoms with Gasteiger partial charge in [-0.3, -0.25) is 9.00 Å². The van der Waals surface area contributed by atoms with Gasteiger partial charge in [0.25, 0.3) is 5.56 Å². The van der Waals surface area contributed by atoms with Crippen molar-refractivity contribution in [3.8, 4) is 11.3 Å². The lowest BCUT2D eigenvalue weighted by molar-refractivity contribution is 0.449. The normalized spacial score (nSPS) is 12.6. The molecule has 3 rings (SSSR count). The zero-order valence-electron chi connectivity index (χ0n) is 13.6. The minimum Gasteiger partial charge on any atom is -0.760 e. The number of hydrogen-bond donors (Lipinski definition) is 2. The Morgan fingerprint density at radius 3 is 2.28 bits per heavy atom. The summed E-state index contributed by atoms with van der Waals surface area (Å²) in [6.45, 7) is 3.57. The van der Waals surface area contributed by atoms with Crippen molar-refractivity contribution in [2.24, 2.45) is 0 Å². The highest BCUT2D eigenvalue weighted by Crippen LogP contribution is 2.27. The number of nitrogens with one attached hydrogen (secondary N) is 2. The highest BCUT2D eigenvalue weighted by Gasteiger charge is 2.20. The standard InChI is InChI=1S/C17H17N3O3S.ClH/c1-17(2,20-24(22)23)12-9-7-11(8-10-12)15-13-5-3-4-6-14(13)16(21)19-18-15;/h3-10,20H,1-2H3,(H,19,21)(H,22,23);1H/p-1. The quantitative estimate of drug-likeness (QED) is 0.682. The third kappa shape index (κ3) is 3.96. The molecule has 1 atom stereocenters. The second kappa shape index (κ2) is 7.45. The van der Waals surface area contributed by atoms with Crippen molar-refractivity contribution in [2.75, 3.05) is 0 Å². The molecule has 0 aliphatic carbocycles.